The highest BCUT2D eigenvalue weighted by Crippen LogP contribution is 2.47. The average Bonchev–Trinajstić information content (AvgIpc) is 3.49. The first-order chi connectivity index (χ1) is 26.9. The van der Waals surface area contributed by atoms with Gasteiger partial charge in [0, 0.05) is 18.0 Å². The molecule has 0 aliphatic carbocycles. The van der Waals surface area contributed by atoms with Crippen LogP contribution in [-0.2, 0) is 43.3 Å². The fourth-order valence-electron chi connectivity index (χ4n) is 8.73. The van der Waals surface area contributed by atoms with E-state index in [0.29, 0.717) is 13.1 Å². The molecule has 3 aromatic rings. The predicted molar refractivity (Wildman–Crippen MR) is 225 cm³/mol. The van der Waals surface area contributed by atoms with Gasteiger partial charge in [-0.3, -0.25) is 8.98 Å². The molecule has 0 bridgehead atoms. The Balaban J connectivity index is 1.98. The standard InChI is InChI=1S/C43H62N4O8SSi/c1-12-47(13-2)41(48)37(45-46-44)39(55-57(30(3)4,31(5)6)32(7)8)40-38(52-42(9,10)53-40)36(54-56(11,49)50)29-51-43(33-23-17-14-18-24-33,34-25-19-15-20-26-34)35-27-21-16-22-28-35/h14-28,30-32,36-40H,12-13,29H2,1-11H3/t36-,37-,38-,39+,40-/m1/s1. The molecule has 312 valence electrons. The zero-order valence-corrected chi connectivity index (χ0v) is 37.2. The average molecular weight is 823 g/mol. The smallest absolute Gasteiger partial charge is 0.264 e. The lowest BCUT2D eigenvalue weighted by molar-refractivity contribution is -0.164. The summed E-state index contributed by atoms with van der Waals surface area (Å²) < 4.78 is 60.4. The van der Waals surface area contributed by atoms with E-state index in [-0.39, 0.29) is 23.2 Å². The van der Waals surface area contributed by atoms with Gasteiger partial charge in [0.25, 0.3) is 10.1 Å². The number of likely N-dealkylation sites (N-methyl/N-ethyl adjacent to an activating group) is 1. The summed E-state index contributed by atoms with van der Waals surface area (Å²) in [6.45, 7) is 20.3. The Labute approximate surface area is 341 Å². The summed E-state index contributed by atoms with van der Waals surface area (Å²) in [4.78, 5) is 19.2. The molecule has 1 fully saturated rings. The minimum atomic E-state index is -4.16. The molecule has 1 heterocycles. The summed E-state index contributed by atoms with van der Waals surface area (Å²) in [7, 11) is -7.03. The number of carbonyl (C=O) groups excluding carboxylic acids is 1. The van der Waals surface area contributed by atoms with Crippen LogP contribution >= 0.6 is 0 Å². The summed E-state index contributed by atoms with van der Waals surface area (Å²) in [5, 5.41) is 4.13. The van der Waals surface area contributed by atoms with Crippen LogP contribution in [0.2, 0.25) is 16.6 Å². The maximum Gasteiger partial charge on any atom is 0.264 e. The normalized spacial score (nSPS) is 19.0. The molecule has 1 aliphatic heterocycles. The summed E-state index contributed by atoms with van der Waals surface area (Å²) >= 11 is 0. The van der Waals surface area contributed by atoms with Crippen molar-refractivity contribution in [3.63, 3.8) is 0 Å². The quantitative estimate of drug-likeness (QED) is 0.0274. The van der Waals surface area contributed by atoms with Crippen molar-refractivity contribution in [2.45, 2.75) is 128 Å². The Morgan fingerprint density at radius 3 is 1.61 bits per heavy atom. The number of amides is 1. The second kappa shape index (κ2) is 19.4. The maximum absolute atomic E-state index is 14.4. The molecule has 1 amide bonds. The highest BCUT2D eigenvalue weighted by Gasteiger charge is 2.57. The van der Waals surface area contributed by atoms with Crippen molar-refractivity contribution in [2.75, 3.05) is 26.0 Å². The summed E-state index contributed by atoms with van der Waals surface area (Å²) in [5.74, 6) is -1.73. The molecule has 14 heteroatoms. The zero-order chi connectivity index (χ0) is 42.2. The fraction of sp³-hybridized carbons (Fsp3) is 0.558. The van der Waals surface area contributed by atoms with Crippen LogP contribution in [-0.4, -0.2) is 89.7 Å². The van der Waals surface area contributed by atoms with Crippen molar-refractivity contribution >= 4 is 24.3 Å². The van der Waals surface area contributed by atoms with Crippen molar-refractivity contribution in [3.05, 3.63) is 118 Å². The Kier molecular flexibility index (Phi) is 15.7. The predicted octanol–water partition coefficient (Wildman–Crippen LogP) is 8.97. The van der Waals surface area contributed by atoms with E-state index in [1.165, 1.54) is 0 Å². The van der Waals surface area contributed by atoms with Gasteiger partial charge in [-0.15, -0.1) is 0 Å². The van der Waals surface area contributed by atoms with Gasteiger partial charge in [0.15, 0.2) is 5.79 Å². The van der Waals surface area contributed by atoms with Gasteiger partial charge in [-0.2, -0.15) is 8.42 Å². The van der Waals surface area contributed by atoms with Crippen LogP contribution in [0.15, 0.2) is 96.1 Å². The van der Waals surface area contributed by atoms with E-state index in [0.717, 1.165) is 22.9 Å². The van der Waals surface area contributed by atoms with Crippen LogP contribution in [0.5, 0.6) is 0 Å². The van der Waals surface area contributed by atoms with Crippen LogP contribution in [0.4, 0.5) is 0 Å². The van der Waals surface area contributed by atoms with E-state index >= 15 is 0 Å². The lowest BCUT2D eigenvalue weighted by Gasteiger charge is -2.47. The van der Waals surface area contributed by atoms with Gasteiger partial charge in [-0.25, -0.2) is 0 Å². The van der Waals surface area contributed by atoms with E-state index in [9.17, 15) is 18.7 Å². The van der Waals surface area contributed by atoms with Crippen LogP contribution in [0.1, 0.15) is 85.9 Å². The van der Waals surface area contributed by atoms with E-state index in [4.69, 9.17) is 22.8 Å². The first kappa shape index (κ1) is 46.1. The number of ether oxygens (including phenoxy) is 3. The molecule has 12 nitrogen and oxygen atoms in total. The first-order valence-corrected chi connectivity index (χ1v) is 23.9. The molecule has 0 spiro atoms. The Bertz CT molecular complexity index is 1770. The second-order valence-corrected chi connectivity index (χ2v) is 23.1. The lowest BCUT2D eigenvalue weighted by Crippen LogP contribution is -2.60. The minimum absolute atomic E-state index is 0.0682. The molecule has 1 saturated heterocycles. The molecule has 4 rings (SSSR count). The number of carbonyl (C=O) groups is 1. The second-order valence-electron chi connectivity index (χ2n) is 16.1. The van der Waals surface area contributed by atoms with E-state index in [1.807, 2.05) is 105 Å². The van der Waals surface area contributed by atoms with Gasteiger partial charge in [0.1, 0.15) is 30.0 Å². The Hall–Kier alpha value is -3.59. The summed E-state index contributed by atoms with van der Waals surface area (Å²) in [5.41, 5.74) is 11.4. The van der Waals surface area contributed by atoms with Crippen LogP contribution < -0.4 is 0 Å². The molecule has 0 saturated carbocycles. The molecule has 0 aromatic heterocycles. The summed E-state index contributed by atoms with van der Waals surface area (Å²) in [6, 6.07) is 27.7. The molecule has 3 aromatic carbocycles. The Morgan fingerprint density at radius 1 is 0.825 bits per heavy atom. The van der Waals surface area contributed by atoms with Crippen molar-refractivity contribution in [1.29, 1.82) is 0 Å². The van der Waals surface area contributed by atoms with E-state index < -0.39 is 66.2 Å². The van der Waals surface area contributed by atoms with Gasteiger partial charge in [-0.1, -0.05) is 138 Å². The highest BCUT2D eigenvalue weighted by atomic mass is 32.2. The third-order valence-electron chi connectivity index (χ3n) is 11.0. The third kappa shape index (κ3) is 10.4. The molecule has 57 heavy (non-hydrogen) atoms. The minimum Gasteiger partial charge on any atom is -0.409 e. The Morgan fingerprint density at radius 2 is 1.25 bits per heavy atom. The van der Waals surface area contributed by atoms with Gasteiger partial charge in [0.05, 0.1) is 19.0 Å². The van der Waals surface area contributed by atoms with Gasteiger partial charge in [0.2, 0.25) is 14.2 Å². The fourth-order valence-corrected chi connectivity index (χ4v) is 14.9. The van der Waals surface area contributed by atoms with E-state index in [1.54, 1.807) is 18.7 Å². The van der Waals surface area contributed by atoms with E-state index in [2.05, 4.69) is 51.6 Å². The van der Waals surface area contributed by atoms with Crippen LogP contribution in [0.25, 0.3) is 10.4 Å². The van der Waals surface area contributed by atoms with Crippen molar-refractivity contribution in [3.8, 4) is 0 Å². The van der Waals surface area contributed by atoms with Crippen molar-refractivity contribution < 1.29 is 36.0 Å². The highest BCUT2D eigenvalue weighted by molar-refractivity contribution is 7.86. The van der Waals surface area contributed by atoms with Crippen LogP contribution in [0, 0.1) is 0 Å². The topological polar surface area (TPSA) is 149 Å². The number of nitrogens with zero attached hydrogens (tertiary/aromatic N) is 4. The molecule has 5 atom stereocenters. The number of hydrogen-bond donors (Lipinski definition) is 0. The molecule has 0 N–H and O–H groups in total. The molecule has 0 radical (unpaired) electrons. The zero-order valence-electron chi connectivity index (χ0n) is 35.4. The van der Waals surface area contributed by atoms with Gasteiger partial charge < -0.3 is 23.5 Å². The summed E-state index contributed by atoms with van der Waals surface area (Å²) in [6.07, 6.45) is -3.86. The largest absolute Gasteiger partial charge is 0.409 e. The van der Waals surface area contributed by atoms with Crippen molar-refractivity contribution in [2.24, 2.45) is 5.11 Å². The molecular formula is C43H62N4O8SSi. The lowest BCUT2D eigenvalue weighted by atomic mass is 9.80. The first-order valence-electron chi connectivity index (χ1n) is 19.9. The number of azide groups is 1. The van der Waals surface area contributed by atoms with Crippen LogP contribution in [0.3, 0.4) is 0 Å². The monoisotopic (exact) mass is 822 g/mol. The number of rotatable bonds is 20. The maximum atomic E-state index is 14.4. The van der Waals surface area contributed by atoms with Gasteiger partial charge >= 0.3 is 0 Å². The molecule has 0 unspecified atom stereocenters. The molecule has 1 aliphatic rings. The molecular weight excluding hydrogens is 761 g/mol. The number of hydrogen-bond acceptors (Lipinski definition) is 9. The third-order valence-corrected chi connectivity index (χ3v) is 17.7. The SMILES string of the molecule is CCN(CC)C(=O)[C@H](N=[N+]=[N-])[C@H](O[Si](C(C)C)(C(C)C)C(C)C)[C@@H]1OC(C)(C)O[C@@H]1[C@@H](COC(c1ccccc1)(c1ccccc1)c1ccccc1)OS(C)(=O)=O. The van der Waals surface area contributed by atoms with Crippen molar-refractivity contribution in [1.82, 2.24) is 4.90 Å². The number of benzene rings is 3. The van der Waals surface area contributed by atoms with Gasteiger partial charge in [-0.05, 0) is 66.5 Å².